The molecule has 0 radical (unpaired) electrons. The van der Waals surface area contributed by atoms with Crippen LogP contribution in [0.25, 0.3) is 0 Å². The molecule has 0 aromatic heterocycles. The summed E-state index contributed by atoms with van der Waals surface area (Å²) >= 11 is 1.66. The molecular formula is C20H22N2O2S. The molecule has 4 nitrogen and oxygen atoms in total. The van der Waals surface area contributed by atoms with E-state index in [2.05, 4.69) is 5.32 Å². The highest BCUT2D eigenvalue weighted by molar-refractivity contribution is 7.98. The molecule has 1 atom stereocenters. The van der Waals surface area contributed by atoms with Crippen LogP contribution >= 0.6 is 11.8 Å². The van der Waals surface area contributed by atoms with Gasteiger partial charge in [-0.05, 0) is 55.5 Å². The monoisotopic (exact) mass is 354 g/mol. The van der Waals surface area contributed by atoms with Crippen LogP contribution in [0.2, 0.25) is 0 Å². The molecule has 0 saturated carbocycles. The minimum absolute atomic E-state index is 0.00134. The zero-order valence-electron chi connectivity index (χ0n) is 14.7. The molecule has 1 saturated heterocycles. The fourth-order valence-corrected chi connectivity index (χ4v) is 3.54. The molecule has 0 bridgehead atoms. The van der Waals surface area contributed by atoms with Gasteiger partial charge in [0.2, 0.25) is 11.8 Å². The van der Waals surface area contributed by atoms with Gasteiger partial charge >= 0.3 is 0 Å². The lowest BCUT2D eigenvalue weighted by Crippen LogP contribution is -2.28. The average molecular weight is 354 g/mol. The standard InChI is InChI=1S/C20H22N2O2S/c1-13-5-4-6-14(2)19(13)21-20(24)15-11-18(23)22(12-15)16-7-9-17(25-3)10-8-16/h4-10,15H,11-12H2,1-3H3,(H,21,24). The maximum absolute atomic E-state index is 12.6. The molecule has 1 fully saturated rings. The van der Waals surface area contributed by atoms with E-state index in [0.717, 1.165) is 27.4 Å². The van der Waals surface area contributed by atoms with Gasteiger partial charge in [-0.3, -0.25) is 9.59 Å². The van der Waals surface area contributed by atoms with Crippen molar-refractivity contribution >= 4 is 35.0 Å². The van der Waals surface area contributed by atoms with Gasteiger partial charge in [0.15, 0.2) is 0 Å². The van der Waals surface area contributed by atoms with E-state index in [1.165, 1.54) is 0 Å². The first-order chi connectivity index (χ1) is 12.0. The van der Waals surface area contributed by atoms with E-state index in [1.54, 1.807) is 16.7 Å². The zero-order valence-corrected chi connectivity index (χ0v) is 15.5. The number of thioether (sulfide) groups is 1. The van der Waals surface area contributed by atoms with Crippen molar-refractivity contribution < 1.29 is 9.59 Å². The van der Waals surface area contributed by atoms with E-state index >= 15 is 0 Å². The van der Waals surface area contributed by atoms with Gasteiger partial charge in [0, 0.05) is 29.2 Å². The average Bonchev–Trinajstić information content (AvgIpc) is 3.00. The molecule has 1 unspecified atom stereocenters. The van der Waals surface area contributed by atoms with Gasteiger partial charge in [0.1, 0.15) is 0 Å². The number of nitrogens with one attached hydrogen (secondary N) is 1. The first-order valence-corrected chi connectivity index (χ1v) is 9.53. The van der Waals surface area contributed by atoms with Crippen molar-refractivity contribution in [3.05, 3.63) is 53.6 Å². The summed E-state index contributed by atoms with van der Waals surface area (Å²) in [6.45, 7) is 4.37. The van der Waals surface area contributed by atoms with Gasteiger partial charge < -0.3 is 10.2 Å². The fourth-order valence-electron chi connectivity index (χ4n) is 3.13. The summed E-state index contributed by atoms with van der Waals surface area (Å²) in [5.41, 5.74) is 3.76. The van der Waals surface area contributed by atoms with Crippen molar-refractivity contribution in [1.29, 1.82) is 0 Å². The van der Waals surface area contributed by atoms with Crippen LogP contribution < -0.4 is 10.2 Å². The Hall–Kier alpha value is -2.27. The van der Waals surface area contributed by atoms with E-state index in [1.807, 2.05) is 62.6 Å². The number of rotatable bonds is 4. The highest BCUT2D eigenvalue weighted by atomic mass is 32.2. The number of carbonyl (C=O) groups excluding carboxylic acids is 2. The second-order valence-corrected chi connectivity index (χ2v) is 7.24. The largest absolute Gasteiger partial charge is 0.325 e. The summed E-state index contributed by atoms with van der Waals surface area (Å²) < 4.78 is 0. The molecule has 2 amide bonds. The second kappa shape index (κ2) is 7.31. The number of aryl methyl sites for hydroxylation is 2. The lowest BCUT2D eigenvalue weighted by Gasteiger charge is -2.18. The summed E-state index contributed by atoms with van der Waals surface area (Å²) in [4.78, 5) is 27.9. The van der Waals surface area contributed by atoms with E-state index < -0.39 is 0 Å². The van der Waals surface area contributed by atoms with E-state index in [0.29, 0.717) is 6.54 Å². The topological polar surface area (TPSA) is 49.4 Å². The van der Waals surface area contributed by atoms with Gasteiger partial charge in [-0.25, -0.2) is 0 Å². The summed E-state index contributed by atoms with van der Waals surface area (Å²) in [5.74, 6) is -0.417. The Bertz CT molecular complexity index is 782. The second-order valence-electron chi connectivity index (χ2n) is 6.36. The quantitative estimate of drug-likeness (QED) is 0.844. The molecule has 5 heteroatoms. The maximum atomic E-state index is 12.6. The van der Waals surface area contributed by atoms with Gasteiger partial charge in [-0.1, -0.05) is 18.2 Å². The predicted octanol–water partition coefficient (Wildman–Crippen LogP) is 4.02. The minimum atomic E-state index is -0.327. The molecule has 25 heavy (non-hydrogen) atoms. The minimum Gasteiger partial charge on any atom is -0.325 e. The van der Waals surface area contributed by atoms with Crippen molar-refractivity contribution in [2.45, 2.75) is 25.2 Å². The van der Waals surface area contributed by atoms with Crippen LogP contribution in [0.5, 0.6) is 0 Å². The molecular weight excluding hydrogens is 332 g/mol. The van der Waals surface area contributed by atoms with Crippen LogP contribution in [-0.2, 0) is 9.59 Å². The maximum Gasteiger partial charge on any atom is 0.229 e. The van der Waals surface area contributed by atoms with Gasteiger partial charge in [0.25, 0.3) is 0 Å². The molecule has 0 spiro atoms. The predicted molar refractivity (Wildman–Crippen MR) is 103 cm³/mol. The molecule has 1 heterocycles. The van der Waals surface area contributed by atoms with Crippen molar-refractivity contribution in [3.8, 4) is 0 Å². The van der Waals surface area contributed by atoms with Crippen LogP contribution in [0.1, 0.15) is 17.5 Å². The smallest absolute Gasteiger partial charge is 0.229 e. The Morgan fingerprint density at radius 2 is 1.76 bits per heavy atom. The molecule has 2 aromatic carbocycles. The number of para-hydroxylation sites is 1. The Morgan fingerprint density at radius 3 is 2.36 bits per heavy atom. The molecule has 2 aromatic rings. The number of hydrogen-bond donors (Lipinski definition) is 1. The van der Waals surface area contributed by atoms with Crippen molar-refractivity contribution in [1.82, 2.24) is 0 Å². The van der Waals surface area contributed by atoms with Crippen LogP contribution in [0, 0.1) is 19.8 Å². The number of amides is 2. The highest BCUT2D eigenvalue weighted by Gasteiger charge is 2.35. The van der Waals surface area contributed by atoms with Crippen LogP contribution in [0.3, 0.4) is 0 Å². The Labute approximate surface area is 152 Å². The zero-order chi connectivity index (χ0) is 18.0. The third kappa shape index (κ3) is 3.71. The first kappa shape index (κ1) is 17.5. The SMILES string of the molecule is CSc1ccc(N2CC(C(=O)Nc3c(C)cccc3C)CC2=O)cc1. The number of benzene rings is 2. The first-order valence-electron chi connectivity index (χ1n) is 8.31. The van der Waals surface area contributed by atoms with Crippen molar-refractivity contribution in [3.63, 3.8) is 0 Å². The van der Waals surface area contributed by atoms with Gasteiger partial charge in [-0.15, -0.1) is 11.8 Å². The summed E-state index contributed by atoms with van der Waals surface area (Å²) in [6, 6.07) is 13.8. The molecule has 3 rings (SSSR count). The lowest BCUT2D eigenvalue weighted by atomic mass is 10.1. The van der Waals surface area contributed by atoms with Gasteiger partial charge in [0.05, 0.1) is 5.92 Å². The van der Waals surface area contributed by atoms with Crippen molar-refractivity contribution in [2.75, 3.05) is 23.0 Å². The number of nitrogens with zero attached hydrogens (tertiary/aromatic N) is 1. The third-order valence-corrected chi connectivity index (χ3v) is 5.35. The number of carbonyl (C=O) groups is 2. The van der Waals surface area contributed by atoms with Crippen LogP contribution in [0.15, 0.2) is 47.4 Å². The molecule has 1 N–H and O–H groups in total. The summed E-state index contributed by atoms with van der Waals surface area (Å²) in [7, 11) is 0. The van der Waals surface area contributed by atoms with E-state index in [9.17, 15) is 9.59 Å². The third-order valence-electron chi connectivity index (χ3n) is 4.61. The van der Waals surface area contributed by atoms with Crippen molar-refractivity contribution in [2.24, 2.45) is 5.92 Å². The Balaban J connectivity index is 1.72. The lowest BCUT2D eigenvalue weighted by molar-refractivity contribution is -0.122. The van der Waals surface area contributed by atoms with Crippen LogP contribution in [0.4, 0.5) is 11.4 Å². The highest BCUT2D eigenvalue weighted by Crippen LogP contribution is 2.28. The fraction of sp³-hybridized carbons (Fsp3) is 0.300. The van der Waals surface area contributed by atoms with Gasteiger partial charge in [-0.2, -0.15) is 0 Å². The van der Waals surface area contributed by atoms with E-state index in [-0.39, 0.29) is 24.2 Å². The summed E-state index contributed by atoms with van der Waals surface area (Å²) in [6.07, 6.45) is 2.27. The number of hydrogen-bond acceptors (Lipinski definition) is 3. The molecule has 1 aliphatic heterocycles. The molecule has 1 aliphatic rings. The normalized spacial score (nSPS) is 17.0. The Kier molecular flexibility index (Phi) is 5.13. The molecule has 0 aliphatic carbocycles. The van der Waals surface area contributed by atoms with E-state index in [4.69, 9.17) is 0 Å². The van der Waals surface area contributed by atoms with Crippen LogP contribution in [-0.4, -0.2) is 24.6 Å². The number of anilines is 2. The summed E-state index contributed by atoms with van der Waals surface area (Å²) in [5, 5.41) is 3.01. The molecule has 130 valence electrons. The Morgan fingerprint density at radius 1 is 1.12 bits per heavy atom.